The third kappa shape index (κ3) is 6.01. The number of nitrogens with zero attached hydrogens (tertiary/aromatic N) is 2. The Morgan fingerprint density at radius 2 is 1.92 bits per heavy atom. The Balaban J connectivity index is 2.08. The third-order valence-electron chi connectivity index (χ3n) is 3.48. The number of amides is 1. The summed E-state index contributed by atoms with van der Waals surface area (Å²) < 4.78 is 27.1. The molecule has 0 saturated heterocycles. The van der Waals surface area contributed by atoms with Crippen LogP contribution in [0.2, 0.25) is 0 Å². The van der Waals surface area contributed by atoms with E-state index in [-0.39, 0.29) is 5.92 Å². The van der Waals surface area contributed by atoms with E-state index in [1.165, 1.54) is 17.4 Å². The van der Waals surface area contributed by atoms with E-state index in [1.807, 2.05) is 25.1 Å². The van der Waals surface area contributed by atoms with Gasteiger partial charge >= 0.3 is 0 Å². The van der Waals surface area contributed by atoms with Gasteiger partial charge in [-0.3, -0.25) is 10.1 Å². The van der Waals surface area contributed by atoms with E-state index in [1.54, 1.807) is 26.0 Å². The highest BCUT2D eigenvalue weighted by Crippen LogP contribution is 2.17. The van der Waals surface area contributed by atoms with Crippen molar-refractivity contribution in [3.8, 4) is 0 Å². The van der Waals surface area contributed by atoms with Crippen LogP contribution < -0.4 is 10.0 Å². The van der Waals surface area contributed by atoms with Gasteiger partial charge in [0.15, 0.2) is 0 Å². The Bertz CT molecular complexity index is 861. The number of hydrogen-bond acceptors (Lipinski definition) is 6. The molecule has 1 aromatic carbocycles. The van der Waals surface area contributed by atoms with Gasteiger partial charge in [0.1, 0.15) is 11.0 Å². The highest BCUT2D eigenvalue weighted by Gasteiger charge is 2.27. The fourth-order valence-corrected chi connectivity index (χ4v) is 3.90. The SMILES string of the molecule is CCc1nnc(NC(=O)[C@@H](NS(=O)(=O)/C=C/c2ccccc2)C(C)C)s1. The monoisotopic (exact) mass is 394 g/mol. The highest BCUT2D eigenvalue weighted by atomic mass is 32.2. The second-order valence-corrected chi connectivity index (χ2v) is 8.60. The van der Waals surface area contributed by atoms with Gasteiger partial charge in [-0.15, -0.1) is 10.2 Å². The maximum absolute atomic E-state index is 12.5. The van der Waals surface area contributed by atoms with Gasteiger partial charge < -0.3 is 0 Å². The number of hydrogen-bond donors (Lipinski definition) is 2. The molecule has 2 N–H and O–H groups in total. The van der Waals surface area contributed by atoms with Crippen LogP contribution in [0.25, 0.3) is 6.08 Å². The van der Waals surface area contributed by atoms with Gasteiger partial charge in [-0.1, -0.05) is 62.4 Å². The lowest BCUT2D eigenvalue weighted by Gasteiger charge is -2.19. The molecule has 2 aromatic rings. The third-order valence-corrected chi connectivity index (χ3v) is 5.54. The van der Waals surface area contributed by atoms with Crippen LogP contribution in [-0.4, -0.2) is 30.6 Å². The summed E-state index contributed by atoms with van der Waals surface area (Å²) >= 11 is 1.27. The quantitative estimate of drug-likeness (QED) is 0.717. The summed E-state index contributed by atoms with van der Waals surface area (Å²) in [5.74, 6) is -0.705. The van der Waals surface area contributed by atoms with Crippen LogP contribution in [0.4, 0.5) is 5.13 Å². The predicted molar refractivity (Wildman–Crippen MR) is 104 cm³/mol. The molecular formula is C17H22N4O3S2. The standard InChI is InChI=1S/C17H22N4O3S2/c1-4-14-19-20-17(25-14)18-16(22)15(12(2)3)21-26(23,24)11-10-13-8-6-5-7-9-13/h5-12,15,21H,4H2,1-3H3,(H,18,20,22)/b11-10+/t15-/m0/s1. The zero-order valence-corrected chi connectivity index (χ0v) is 16.5. The van der Waals surface area contributed by atoms with Crippen LogP contribution in [0.3, 0.4) is 0 Å². The Morgan fingerprint density at radius 3 is 2.50 bits per heavy atom. The molecule has 0 fully saturated rings. The van der Waals surface area contributed by atoms with Gasteiger partial charge in [-0.05, 0) is 24.0 Å². The minimum absolute atomic E-state index is 0.242. The maximum atomic E-state index is 12.5. The Kier molecular flexibility index (Phi) is 7.01. The van der Waals surface area contributed by atoms with E-state index in [0.717, 1.165) is 22.4 Å². The van der Waals surface area contributed by atoms with E-state index in [4.69, 9.17) is 0 Å². The molecule has 2 rings (SSSR count). The van der Waals surface area contributed by atoms with Gasteiger partial charge in [0.25, 0.3) is 0 Å². The number of anilines is 1. The molecule has 7 nitrogen and oxygen atoms in total. The van der Waals surface area contributed by atoms with Crippen LogP contribution in [0.15, 0.2) is 35.7 Å². The molecule has 0 aliphatic carbocycles. The largest absolute Gasteiger partial charge is 0.299 e. The minimum atomic E-state index is -3.78. The van der Waals surface area contributed by atoms with E-state index in [0.29, 0.717) is 5.13 Å². The zero-order chi connectivity index (χ0) is 19.2. The normalized spacial score (nSPS) is 13.2. The number of carbonyl (C=O) groups excluding carboxylic acids is 1. The first kappa shape index (κ1) is 20.2. The van der Waals surface area contributed by atoms with Gasteiger partial charge in [-0.25, -0.2) is 8.42 Å². The summed E-state index contributed by atoms with van der Waals surface area (Å²) in [4.78, 5) is 12.5. The summed E-state index contributed by atoms with van der Waals surface area (Å²) in [6.07, 6.45) is 2.20. The first-order chi connectivity index (χ1) is 12.3. The molecule has 0 bridgehead atoms. The summed E-state index contributed by atoms with van der Waals surface area (Å²) in [7, 11) is -3.78. The number of carbonyl (C=O) groups is 1. The summed E-state index contributed by atoms with van der Waals surface area (Å²) in [6, 6.07) is 8.14. The molecule has 0 aliphatic heterocycles. The van der Waals surface area contributed by atoms with E-state index >= 15 is 0 Å². The second-order valence-electron chi connectivity index (χ2n) is 5.94. The van der Waals surface area contributed by atoms with E-state index in [2.05, 4.69) is 20.2 Å². The average Bonchev–Trinajstić information content (AvgIpc) is 3.06. The molecule has 0 radical (unpaired) electrons. The smallest absolute Gasteiger partial charge is 0.244 e. The van der Waals surface area contributed by atoms with Gasteiger partial charge in [-0.2, -0.15) is 4.72 Å². The van der Waals surface area contributed by atoms with Crippen molar-refractivity contribution in [2.45, 2.75) is 33.2 Å². The van der Waals surface area contributed by atoms with Crippen molar-refractivity contribution < 1.29 is 13.2 Å². The molecule has 0 aliphatic rings. The van der Waals surface area contributed by atoms with Crippen LogP contribution in [-0.2, 0) is 21.2 Å². The van der Waals surface area contributed by atoms with Crippen molar-refractivity contribution in [3.05, 3.63) is 46.3 Å². The molecule has 1 atom stereocenters. The van der Waals surface area contributed by atoms with Crippen molar-refractivity contribution in [2.24, 2.45) is 5.92 Å². The Morgan fingerprint density at radius 1 is 1.23 bits per heavy atom. The summed E-state index contributed by atoms with van der Waals surface area (Å²) in [5, 5.41) is 12.7. The molecule has 1 heterocycles. The van der Waals surface area contributed by atoms with Crippen LogP contribution >= 0.6 is 11.3 Å². The van der Waals surface area contributed by atoms with Crippen LogP contribution in [0.5, 0.6) is 0 Å². The summed E-state index contributed by atoms with van der Waals surface area (Å²) in [5.41, 5.74) is 0.754. The summed E-state index contributed by atoms with van der Waals surface area (Å²) in [6.45, 7) is 5.48. The lowest BCUT2D eigenvalue weighted by molar-refractivity contribution is -0.118. The van der Waals surface area contributed by atoms with Crippen molar-refractivity contribution in [3.63, 3.8) is 0 Å². The zero-order valence-electron chi connectivity index (χ0n) is 14.8. The van der Waals surface area contributed by atoms with E-state index in [9.17, 15) is 13.2 Å². The predicted octanol–water partition coefficient (Wildman–Crippen LogP) is 2.65. The number of rotatable bonds is 8. The molecule has 0 saturated carbocycles. The molecule has 9 heteroatoms. The molecule has 26 heavy (non-hydrogen) atoms. The average molecular weight is 395 g/mol. The fourth-order valence-electron chi connectivity index (χ4n) is 2.07. The van der Waals surface area contributed by atoms with Crippen molar-refractivity contribution in [2.75, 3.05) is 5.32 Å². The highest BCUT2D eigenvalue weighted by molar-refractivity contribution is 7.92. The van der Waals surface area contributed by atoms with E-state index < -0.39 is 22.0 Å². The van der Waals surface area contributed by atoms with Gasteiger partial charge in [0.2, 0.25) is 21.1 Å². The number of nitrogens with one attached hydrogen (secondary N) is 2. The van der Waals surface area contributed by atoms with Crippen molar-refractivity contribution >= 4 is 38.5 Å². The molecule has 0 unspecified atom stereocenters. The van der Waals surface area contributed by atoms with Crippen LogP contribution in [0, 0.1) is 5.92 Å². The first-order valence-electron chi connectivity index (χ1n) is 8.19. The molecule has 0 spiro atoms. The number of aryl methyl sites for hydroxylation is 1. The van der Waals surface area contributed by atoms with Crippen molar-refractivity contribution in [1.29, 1.82) is 0 Å². The molecule has 140 valence electrons. The Labute approximate surface area is 157 Å². The Hall–Kier alpha value is -2.10. The first-order valence-corrected chi connectivity index (χ1v) is 10.6. The maximum Gasteiger partial charge on any atom is 0.244 e. The molecule has 1 amide bonds. The number of sulfonamides is 1. The number of aromatic nitrogens is 2. The fraction of sp³-hybridized carbons (Fsp3) is 0.353. The molecule has 1 aromatic heterocycles. The molecular weight excluding hydrogens is 372 g/mol. The minimum Gasteiger partial charge on any atom is -0.299 e. The van der Waals surface area contributed by atoms with Crippen molar-refractivity contribution in [1.82, 2.24) is 14.9 Å². The topological polar surface area (TPSA) is 101 Å². The van der Waals surface area contributed by atoms with Crippen LogP contribution in [0.1, 0.15) is 31.3 Å². The number of benzene rings is 1. The lowest BCUT2D eigenvalue weighted by Crippen LogP contribution is -2.46. The van der Waals surface area contributed by atoms with Gasteiger partial charge in [0, 0.05) is 5.41 Å². The lowest BCUT2D eigenvalue weighted by atomic mass is 10.1. The second kappa shape index (κ2) is 9.02. The van der Waals surface area contributed by atoms with Gasteiger partial charge in [0.05, 0.1) is 0 Å².